The van der Waals surface area contributed by atoms with Gasteiger partial charge >= 0.3 is 5.97 Å². The van der Waals surface area contributed by atoms with Crippen molar-refractivity contribution in [1.82, 2.24) is 5.32 Å². The zero-order chi connectivity index (χ0) is 16.4. The molecule has 1 saturated carbocycles. The second kappa shape index (κ2) is 6.45. The van der Waals surface area contributed by atoms with Gasteiger partial charge in [0.1, 0.15) is 0 Å². The minimum Gasteiger partial charge on any atom is -0.493 e. The van der Waals surface area contributed by atoms with Crippen LogP contribution in [0.1, 0.15) is 24.8 Å². The Kier molecular flexibility index (Phi) is 4.38. The number of hydrogen-bond acceptors (Lipinski definition) is 6. The minimum atomic E-state index is -0.417. The van der Waals surface area contributed by atoms with Gasteiger partial charge in [-0.2, -0.15) is 0 Å². The molecule has 0 atom stereocenters. The summed E-state index contributed by atoms with van der Waals surface area (Å²) in [4.78, 5) is 34.9. The monoisotopic (exact) mass is 333 g/mol. The molecule has 2 aliphatic rings. The van der Waals surface area contributed by atoms with Gasteiger partial charge in [-0.05, 0) is 48.4 Å². The molecule has 7 heteroatoms. The van der Waals surface area contributed by atoms with E-state index in [1.54, 1.807) is 24.3 Å². The molecule has 2 fully saturated rings. The van der Waals surface area contributed by atoms with Crippen LogP contribution in [0.15, 0.2) is 23.1 Å². The number of methoxy groups -OCH3 is 1. The Morgan fingerprint density at radius 2 is 2.09 bits per heavy atom. The Morgan fingerprint density at radius 1 is 1.30 bits per heavy atom. The molecule has 1 N–H and O–H groups in total. The summed E-state index contributed by atoms with van der Waals surface area (Å²) in [6.45, 7) is 0. The van der Waals surface area contributed by atoms with Gasteiger partial charge in [0.2, 0.25) is 0 Å². The highest BCUT2D eigenvalue weighted by atomic mass is 32.2. The van der Waals surface area contributed by atoms with Gasteiger partial charge < -0.3 is 9.47 Å². The van der Waals surface area contributed by atoms with Crippen LogP contribution >= 0.6 is 11.8 Å². The molecule has 1 saturated heterocycles. The molecule has 0 unspecified atom stereocenters. The Morgan fingerprint density at radius 3 is 2.65 bits per heavy atom. The number of esters is 1. The Balaban J connectivity index is 1.79. The van der Waals surface area contributed by atoms with Crippen molar-refractivity contribution in [1.29, 1.82) is 0 Å². The van der Waals surface area contributed by atoms with E-state index in [4.69, 9.17) is 9.47 Å². The maximum Gasteiger partial charge on any atom is 0.314 e. The summed E-state index contributed by atoms with van der Waals surface area (Å²) >= 11 is 0.847. The molecular weight excluding hydrogens is 318 g/mol. The summed E-state index contributed by atoms with van der Waals surface area (Å²) in [5.41, 5.74) is 0.678. The van der Waals surface area contributed by atoms with Gasteiger partial charge in [0, 0.05) is 0 Å². The summed E-state index contributed by atoms with van der Waals surface area (Å²) in [5.74, 6) is 0.0791. The highest BCUT2D eigenvalue weighted by molar-refractivity contribution is 8.18. The lowest BCUT2D eigenvalue weighted by Crippen LogP contribution is -2.26. The lowest BCUT2D eigenvalue weighted by atomic mass is 9.86. The zero-order valence-corrected chi connectivity index (χ0v) is 13.3. The first-order valence-electron chi connectivity index (χ1n) is 7.21. The van der Waals surface area contributed by atoms with Crippen molar-refractivity contribution < 1.29 is 23.9 Å². The molecule has 1 aromatic carbocycles. The third kappa shape index (κ3) is 3.39. The fraction of sp³-hybridized carbons (Fsp3) is 0.312. The van der Waals surface area contributed by atoms with Crippen LogP contribution in [-0.2, 0) is 9.59 Å². The standard InChI is InChI=1S/C16H15NO5S/c1-21-12-7-9(8-13-14(18)17-16(20)23-13)5-6-11(12)22-15(19)10-3-2-4-10/h5-8,10H,2-4H2,1H3,(H,17,18,20). The molecule has 1 aromatic rings. The maximum absolute atomic E-state index is 11.9. The Bertz CT molecular complexity index is 708. The molecule has 3 rings (SSSR count). The zero-order valence-electron chi connectivity index (χ0n) is 12.5. The number of imide groups is 1. The van der Waals surface area contributed by atoms with Crippen LogP contribution in [0.2, 0.25) is 0 Å². The Labute approximate surface area is 137 Å². The van der Waals surface area contributed by atoms with Crippen molar-refractivity contribution in [2.24, 2.45) is 5.92 Å². The molecule has 0 aromatic heterocycles. The van der Waals surface area contributed by atoms with Crippen LogP contribution in [0.25, 0.3) is 6.08 Å². The van der Waals surface area contributed by atoms with E-state index in [0.717, 1.165) is 31.0 Å². The fourth-order valence-corrected chi connectivity index (χ4v) is 2.95. The molecule has 1 aliphatic carbocycles. The molecule has 0 radical (unpaired) electrons. The van der Waals surface area contributed by atoms with Crippen molar-refractivity contribution in [2.75, 3.05) is 7.11 Å². The van der Waals surface area contributed by atoms with E-state index < -0.39 is 5.91 Å². The number of amides is 2. The highest BCUT2D eigenvalue weighted by Crippen LogP contribution is 2.34. The lowest BCUT2D eigenvalue weighted by molar-refractivity contribution is -0.141. The van der Waals surface area contributed by atoms with Gasteiger partial charge in [0.05, 0.1) is 17.9 Å². The molecule has 23 heavy (non-hydrogen) atoms. The highest BCUT2D eigenvalue weighted by Gasteiger charge is 2.28. The van der Waals surface area contributed by atoms with Crippen LogP contribution < -0.4 is 14.8 Å². The van der Waals surface area contributed by atoms with Gasteiger partial charge in [-0.3, -0.25) is 19.7 Å². The largest absolute Gasteiger partial charge is 0.493 e. The minimum absolute atomic E-state index is 0.0221. The number of rotatable bonds is 4. The SMILES string of the molecule is COc1cc(C=C2SC(=O)NC2=O)ccc1OC(=O)C1CCC1. The first-order valence-corrected chi connectivity index (χ1v) is 8.03. The topological polar surface area (TPSA) is 81.7 Å². The van der Waals surface area contributed by atoms with E-state index in [2.05, 4.69) is 5.32 Å². The third-order valence-electron chi connectivity index (χ3n) is 3.78. The smallest absolute Gasteiger partial charge is 0.314 e. The molecule has 0 spiro atoms. The van der Waals surface area contributed by atoms with Crippen molar-refractivity contribution in [3.05, 3.63) is 28.7 Å². The van der Waals surface area contributed by atoms with Crippen LogP contribution in [-0.4, -0.2) is 24.2 Å². The van der Waals surface area contributed by atoms with Crippen molar-refractivity contribution >= 4 is 35.0 Å². The first-order chi connectivity index (χ1) is 11.1. The normalized spacial score (nSPS) is 19.4. The van der Waals surface area contributed by atoms with Gasteiger partial charge in [-0.25, -0.2) is 0 Å². The van der Waals surface area contributed by atoms with E-state index in [1.807, 2.05) is 0 Å². The average molecular weight is 333 g/mol. The predicted octanol–water partition coefficient (Wildman–Crippen LogP) is 2.72. The fourth-order valence-electron chi connectivity index (χ4n) is 2.27. The number of hydrogen-bond donors (Lipinski definition) is 1. The predicted molar refractivity (Wildman–Crippen MR) is 85.1 cm³/mol. The number of nitrogens with one attached hydrogen (secondary N) is 1. The summed E-state index contributed by atoms with van der Waals surface area (Å²) in [7, 11) is 1.48. The average Bonchev–Trinajstić information content (AvgIpc) is 2.76. The van der Waals surface area contributed by atoms with Crippen LogP contribution in [0.3, 0.4) is 0 Å². The van der Waals surface area contributed by atoms with Crippen molar-refractivity contribution in [3.8, 4) is 11.5 Å². The number of thioether (sulfide) groups is 1. The van der Waals surface area contributed by atoms with Gasteiger partial charge in [-0.15, -0.1) is 0 Å². The van der Waals surface area contributed by atoms with Crippen LogP contribution in [0, 0.1) is 5.92 Å². The summed E-state index contributed by atoms with van der Waals surface area (Å²) in [5, 5.41) is 1.81. The van der Waals surface area contributed by atoms with E-state index >= 15 is 0 Å². The van der Waals surface area contributed by atoms with Gasteiger partial charge in [0.15, 0.2) is 11.5 Å². The maximum atomic E-state index is 11.9. The lowest BCUT2D eigenvalue weighted by Gasteiger charge is -2.23. The summed E-state index contributed by atoms with van der Waals surface area (Å²) in [6.07, 6.45) is 4.38. The van der Waals surface area contributed by atoms with Gasteiger partial charge in [-0.1, -0.05) is 12.5 Å². The van der Waals surface area contributed by atoms with E-state index in [-0.39, 0.29) is 17.1 Å². The second-order valence-corrected chi connectivity index (χ2v) is 6.33. The quantitative estimate of drug-likeness (QED) is 0.518. The van der Waals surface area contributed by atoms with E-state index in [9.17, 15) is 14.4 Å². The van der Waals surface area contributed by atoms with Crippen molar-refractivity contribution in [3.63, 3.8) is 0 Å². The van der Waals surface area contributed by atoms with Crippen molar-refractivity contribution in [2.45, 2.75) is 19.3 Å². The Hall–Kier alpha value is -2.28. The summed E-state index contributed by atoms with van der Waals surface area (Å²) in [6, 6.07) is 4.99. The molecule has 1 heterocycles. The third-order valence-corrected chi connectivity index (χ3v) is 4.59. The second-order valence-electron chi connectivity index (χ2n) is 5.31. The first kappa shape index (κ1) is 15.6. The molecule has 1 aliphatic heterocycles. The van der Waals surface area contributed by atoms with E-state index in [1.165, 1.54) is 7.11 Å². The number of ether oxygens (including phenoxy) is 2. The molecule has 2 amide bonds. The number of benzene rings is 1. The van der Waals surface area contributed by atoms with Crippen LogP contribution in [0.5, 0.6) is 11.5 Å². The molecular formula is C16H15NO5S. The molecule has 0 bridgehead atoms. The molecule has 6 nitrogen and oxygen atoms in total. The number of carbonyl (C=O) groups is 3. The van der Waals surface area contributed by atoms with E-state index in [0.29, 0.717) is 22.0 Å². The number of carbonyl (C=O) groups excluding carboxylic acids is 3. The summed E-state index contributed by atoms with van der Waals surface area (Å²) < 4.78 is 10.6. The van der Waals surface area contributed by atoms with Crippen LogP contribution in [0.4, 0.5) is 4.79 Å². The van der Waals surface area contributed by atoms with Gasteiger partial charge in [0.25, 0.3) is 11.1 Å². The molecule has 120 valence electrons.